The Morgan fingerprint density at radius 1 is 0.944 bits per heavy atom. The summed E-state index contributed by atoms with van der Waals surface area (Å²) < 4.78 is 0. The summed E-state index contributed by atoms with van der Waals surface area (Å²) in [5.74, 6) is 0. The summed E-state index contributed by atoms with van der Waals surface area (Å²) in [6.45, 7) is 0. The van der Waals surface area contributed by atoms with Crippen LogP contribution in [0.4, 0.5) is 0 Å². The molecule has 1 aromatic heterocycles. The fourth-order valence-corrected chi connectivity index (χ4v) is 2.26. The Balaban J connectivity index is 2.39. The Morgan fingerprint density at radius 2 is 1.72 bits per heavy atom. The molecule has 88 valence electrons. The largest absolute Gasteiger partial charge is 0.322 e. The van der Waals surface area contributed by atoms with Gasteiger partial charge in [-0.15, -0.1) is 0 Å². The molecule has 0 saturated heterocycles. The van der Waals surface area contributed by atoms with Gasteiger partial charge in [0.1, 0.15) is 0 Å². The van der Waals surface area contributed by atoms with Crippen LogP contribution in [0.2, 0.25) is 5.02 Å². The van der Waals surface area contributed by atoms with Gasteiger partial charge in [-0.25, -0.2) is 0 Å². The lowest BCUT2D eigenvalue weighted by molar-refractivity contribution is 1.31. The van der Waals surface area contributed by atoms with Gasteiger partial charge in [-0.3, -0.25) is 4.79 Å². The van der Waals surface area contributed by atoms with E-state index in [1.807, 2.05) is 42.5 Å². The van der Waals surface area contributed by atoms with Gasteiger partial charge in [0.25, 0.3) is 0 Å². The number of aromatic nitrogens is 1. The van der Waals surface area contributed by atoms with Crippen LogP contribution >= 0.6 is 11.6 Å². The first-order chi connectivity index (χ1) is 8.74. The number of H-pyrrole nitrogens is 1. The van der Waals surface area contributed by atoms with E-state index in [-0.39, 0.29) is 5.56 Å². The SMILES string of the molecule is O=c1cc(-c2ccccc2)c2ccc(Cl)cc2[nH]1. The molecule has 0 spiro atoms. The van der Waals surface area contributed by atoms with Crippen molar-refractivity contribution in [3.8, 4) is 11.1 Å². The second-order valence-corrected chi connectivity index (χ2v) is 4.54. The van der Waals surface area contributed by atoms with Gasteiger partial charge in [-0.05, 0) is 23.3 Å². The van der Waals surface area contributed by atoms with Crippen molar-refractivity contribution in [3.63, 3.8) is 0 Å². The van der Waals surface area contributed by atoms with E-state index in [9.17, 15) is 4.79 Å². The summed E-state index contributed by atoms with van der Waals surface area (Å²) in [7, 11) is 0. The van der Waals surface area contributed by atoms with E-state index >= 15 is 0 Å². The summed E-state index contributed by atoms with van der Waals surface area (Å²) in [6, 6.07) is 17.0. The topological polar surface area (TPSA) is 32.9 Å². The molecule has 3 rings (SSSR count). The van der Waals surface area contributed by atoms with Gasteiger partial charge in [0, 0.05) is 16.5 Å². The quantitative estimate of drug-likeness (QED) is 0.704. The van der Waals surface area contributed by atoms with Crippen LogP contribution in [0.25, 0.3) is 22.0 Å². The average molecular weight is 256 g/mol. The highest BCUT2D eigenvalue weighted by atomic mass is 35.5. The molecule has 0 bridgehead atoms. The van der Waals surface area contributed by atoms with Gasteiger partial charge >= 0.3 is 0 Å². The van der Waals surface area contributed by atoms with Crippen LogP contribution in [0.15, 0.2) is 59.4 Å². The maximum absolute atomic E-state index is 11.7. The molecule has 2 nitrogen and oxygen atoms in total. The number of rotatable bonds is 1. The molecule has 0 saturated carbocycles. The number of hydrogen-bond acceptors (Lipinski definition) is 1. The second-order valence-electron chi connectivity index (χ2n) is 4.10. The van der Waals surface area contributed by atoms with Gasteiger partial charge in [-0.2, -0.15) is 0 Å². The number of halogens is 1. The minimum Gasteiger partial charge on any atom is -0.322 e. The second kappa shape index (κ2) is 4.31. The van der Waals surface area contributed by atoms with E-state index in [1.54, 1.807) is 12.1 Å². The number of nitrogens with one attached hydrogen (secondary N) is 1. The van der Waals surface area contributed by atoms with Crippen molar-refractivity contribution in [1.29, 1.82) is 0 Å². The molecule has 0 aliphatic rings. The smallest absolute Gasteiger partial charge is 0.249 e. The monoisotopic (exact) mass is 255 g/mol. The Bertz CT molecular complexity index is 762. The molecule has 0 aliphatic heterocycles. The van der Waals surface area contributed by atoms with Gasteiger partial charge in [-0.1, -0.05) is 48.0 Å². The van der Waals surface area contributed by atoms with Gasteiger partial charge < -0.3 is 4.98 Å². The number of fused-ring (bicyclic) bond motifs is 1. The van der Waals surface area contributed by atoms with Crippen LogP contribution in [0.5, 0.6) is 0 Å². The Morgan fingerprint density at radius 3 is 2.50 bits per heavy atom. The standard InChI is InChI=1S/C15H10ClNO/c16-11-6-7-12-13(10-4-2-1-3-5-10)9-15(18)17-14(12)8-11/h1-9H,(H,17,18). The van der Waals surface area contributed by atoms with Crippen molar-refractivity contribution >= 4 is 22.5 Å². The highest BCUT2D eigenvalue weighted by Crippen LogP contribution is 2.27. The average Bonchev–Trinajstić information content (AvgIpc) is 2.38. The van der Waals surface area contributed by atoms with Gasteiger partial charge in [0.2, 0.25) is 5.56 Å². The molecule has 2 aromatic carbocycles. The predicted molar refractivity (Wildman–Crippen MR) is 75.0 cm³/mol. The minimum absolute atomic E-state index is 0.122. The molecule has 0 fully saturated rings. The summed E-state index contributed by atoms with van der Waals surface area (Å²) >= 11 is 5.95. The summed E-state index contributed by atoms with van der Waals surface area (Å²) in [5, 5.41) is 1.61. The molecule has 0 aliphatic carbocycles. The number of benzene rings is 2. The fraction of sp³-hybridized carbons (Fsp3) is 0. The molecule has 1 heterocycles. The van der Waals surface area contributed by atoms with E-state index in [0.717, 1.165) is 22.0 Å². The molecular formula is C15H10ClNO. The van der Waals surface area contributed by atoms with E-state index in [4.69, 9.17) is 11.6 Å². The van der Waals surface area contributed by atoms with E-state index in [1.165, 1.54) is 0 Å². The summed E-state index contributed by atoms with van der Waals surface area (Å²) in [5.41, 5.74) is 2.58. The fourth-order valence-electron chi connectivity index (χ4n) is 2.09. The molecular weight excluding hydrogens is 246 g/mol. The molecule has 3 aromatic rings. The lowest BCUT2D eigenvalue weighted by atomic mass is 10.0. The van der Waals surface area contributed by atoms with E-state index in [2.05, 4.69) is 4.98 Å². The van der Waals surface area contributed by atoms with Crippen LogP contribution in [-0.2, 0) is 0 Å². The zero-order valence-corrected chi connectivity index (χ0v) is 10.2. The maximum Gasteiger partial charge on any atom is 0.249 e. The lowest BCUT2D eigenvalue weighted by Gasteiger charge is -2.06. The van der Waals surface area contributed by atoms with Crippen LogP contribution in [0.1, 0.15) is 0 Å². The Labute approximate surface area is 109 Å². The van der Waals surface area contributed by atoms with Crippen molar-refractivity contribution in [2.75, 3.05) is 0 Å². The van der Waals surface area contributed by atoms with Gasteiger partial charge in [0.05, 0.1) is 5.52 Å². The third-order valence-electron chi connectivity index (χ3n) is 2.89. The van der Waals surface area contributed by atoms with Crippen molar-refractivity contribution in [1.82, 2.24) is 4.98 Å². The molecule has 0 atom stereocenters. The minimum atomic E-state index is -0.122. The van der Waals surface area contributed by atoms with Crippen LogP contribution in [0, 0.1) is 0 Å². The van der Waals surface area contributed by atoms with Crippen molar-refractivity contribution in [2.24, 2.45) is 0 Å². The van der Waals surface area contributed by atoms with Crippen LogP contribution < -0.4 is 5.56 Å². The maximum atomic E-state index is 11.7. The van der Waals surface area contributed by atoms with Crippen molar-refractivity contribution in [3.05, 3.63) is 70.0 Å². The number of pyridine rings is 1. The normalized spacial score (nSPS) is 10.7. The first-order valence-corrected chi connectivity index (χ1v) is 6.00. The third-order valence-corrected chi connectivity index (χ3v) is 3.12. The molecule has 3 heteroatoms. The highest BCUT2D eigenvalue weighted by Gasteiger charge is 2.05. The molecule has 18 heavy (non-hydrogen) atoms. The Kier molecular flexibility index (Phi) is 2.65. The van der Waals surface area contributed by atoms with E-state index in [0.29, 0.717) is 5.02 Å². The molecule has 1 N–H and O–H groups in total. The lowest BCUT2D eigenvalue weighted by Crippen LogP contribution is -2.04. The van der Waals surface area contributed by atoms with Crippen LogP contribution in [0.3, 0.4) is 0 Å². The van der Waals surface area contributed by atoms with Crippen molar-refractivity contribution < 1.29 is 0 Å². The summed E-state index contributed by atoms with van der Waals surface area (Å²) in [4.78, 5) is 14.5. The van der Waals surface area contributed by atoms with Gasteiger partial charge in [0.15, 0.2) is 0 Å². The first-order valence-electron chi connectivity index (χ1n) is 5.62. The zero-order valence-electron chi connectivity index (χ0n) is 9.48. The van der Waals surface area contributed by atoms with Crippen LogP contribution in [-0.4, -0.2) is 4.98 Å². The molecule has 0 unspecified atom stereocenters. The van der Waals surface area contributed by atoms with E-state index < -0.39 is 0 Å². The zero-order chi connectivity index (χ0) is 12.5. The Hall–Kier alpha value is -2.06. The molecule has 0 amide bonds. The highest BCUT2D eigenvalue weighted by molar-refractivity contribution is 6.31. The first kappa shape index (κ1) is 11.1. The third kappa shape index (κ3) is 1.91. The number of aromatic amines is 1. The van der Waals surface area contributed by atoms with Crippen molar-refractivity contribution in [2.45, 2.75) is 0 Å². The summed E-state index contributed by atoms with van der Waals surface area (Å²) in [6.07, 6.45) is 0. The number of hydrogen-bond donors (Lipinski definition) is 1. The molecule has 0 radical (unpaired) electrons. The predicted octanol–water partition coefficient (Wildman–Crippen LogP) is 3.85.